The summed E-state index contributed by atoms with van der Waals surface area (Å²) in [5.74, 6) is 2.02. The van der Waals surface area contributed by atoms with Crippen molar-refractivity contribution in [3.63, 3.8) is 0 Å². The van der Waals surface area contributed by atoms with Crippen molar-refractivity contribution in [3.05, 3.63) is 0 Å². The van der Waals surface area contributed by atoms with E-state index < -0.39 is 0 Å². The van der Waals surface area contributed by atoms with Crippen LogP contribution in [0.25, 0.3) is 0 Å². The van der Waals surface area contributed by atoms with E-state index >= 15 is 0 Å². The van der Waals surface area contributed by atoms with Crippen LogP contribution >= 0.6 is 0 Å². The van der Waals surface area contributed by atoms with Crippen molar-refractivity contribution >= 4 is 0 Å². The zero-order chi connectivity index (χ0) is 13.0. The van der Waals surface area contributed by atoms with Gasteiger partial charge in [0.05, 0.1) is 0 Å². The van der Waals surface area contributed by atoms with Crippen LogP contribution in [0.5, 0.6) is 0 Å². The van der Waals surface area contributed by atoms with Gasteiger partial charge in [0.2, 0.25) is 0 Å². The van der Waals surface area contributed by atoms with Crippen molar-refractivity contribution in [2.75, 3.05) is 6.54 Å². The summed E-state index contributed by atoms with van der Waals surface area (Å²) < 4.78 is 0. The van der Waals surface area contributed by atoms with Gasteiger partial charge in [0.25, 0.3) is 0 Å². The Labute approximate surface area is 114 Å². The Hall–Kier alpha value is -0.0400. The third kappa shape index (κ3) is 4.57. The van der Waals surface area contributed by atoms with Gasteiger partial charge in [-0.15, -0.1) is 0 Å². The van der Waals surface area contributed by atoms with Crippen molar-refractivity contribution < 1.29 is 0 Å². The van der Waals surface area contributed by atoms with Crippen LogP contribution in [0.4, 0.5) is 0 Å². The summed E-state index contributed by atoms with van der Waals surface area (Å²) in [7, 11) is 0. The molecule has 0 saturated heterocycles. The molecule has 0 amide bonds. The molecule has 2 aliphatic carbocycles. The van der Waals surface area contributed by atoms with Gasteiger partial charge in [0, 0.05) is 6.04 Å². The van der Waals surface area contributed by atoms with E-state index in [0.717, 1.165) is 17.9 Å². The maximum absolute atomic E-state index is 3.82. The summed E-state index contributed by atoms with van der Waals surface area (Å²) in [4.78, 5) is 0. The van der Waals surface area contributed by atoms with Gasteiger partial charge in [-0.05, 0) is 55.9 Å². The molecule has 0 unspecified atom stereocenters. The lowest BCUT2D eigenvalue weighted by molar-refractivity contribution is 0.202. The van der Waals surface area contributed by atoms with E-state index in [1.807, 2.05) is 0 Å². The standard InChI is InChI=1S/C17H33N/c1-14-4-6-15(7-5-14)10-13-18-16-8-11-17(2,3)12-9-16/h14-16,18H,4-13H2,1-3H3. The van der Waals surface area contributed by atoms with Crippen LogP contribution in [0.2, 0.25) is 0 Å². The molecule has 0 radical (unpaired) electrons. The normalized spacial score (nSPS) is 33.5. The van der Waals surface area contributed by atoms with Crippen LogP contribution in [0.15, 0.2) is 0 Å². The van der Waals surface area contributed by atoms with Gasteiger partial charge in [-0.1, -0.05) is 46.5 Å². The van der Waals surface area contributed by atoms with Crippen molar-refractivity contribution in [1.82, 2.24) is 5.32 Å². The second-order valence-corrected chi connectivity index (χ2v) is 7.81. The van der Waals surface area contributed by atoms with Crippen LogP contribution in [-0.2, 0) is 0 Å². The van der Waals surface area contributed by atoms with E-state index in [1.165, 1.54) is 64.3 Å². The van der Waals surface area contributed by atoms with E-state index in [4.69, 9.17) is 0 Å². The molecule has 0 aromatic carbocycles. The third-order valence-electron chi connectivity index (χ3n) is 5.46. The second kappa shape index (κ2) is 6.41. The predicted octanol–water partition coefficient (Wildman–Crippen LogP) is 4.76. The van der Waals surface area contributed by atoms with Crippen molar-refractivity contribution in [3.8, 4) is 0 Å². The molecule has 0 bridgehead atoms. The summed E-state index contributed by atoms with van der Waals surface area (Å²) in [6.07, 6.45) is 13.0. The average Bonchev–Trinajstić information content (AvgIpc) is 2.34. The first-order valence-electron chi connectivity index (χ1n) is 8.28. The molecule has 0 aromatic heterocycles. The average molecular weight is 251 g/mol. The smallest absolute Gasteiger partial charge is 0.00674 e. The zero-order valence-corrected chi connectivity index (χ0v) is 12.8. The van der Waals surface area contributed by atoms with E-state index in [1.54, 1.807) is 0 Å². The van der Waals surface area contributed by atoms with Gasteiger partial charge in [0.1, 0.15) is 0 Å². The number of hydrogen-bond acceptors (Lipinski definition) is 1. The molecule has 0 aliphatic heterocycles. The first kappa shape index (κ1) is 14.4. The Morgan fingerprint density at radius 1 is 0.944 bits per heavy atom. The lowest BCUT2D eigenvalue weighted by Crippen LogP contribution is -2.36. The number of rotatable bonds is 4. The summed E-state index contributed by atoms with van der Waals surface area (Å²) in [6, 6.07) is 0.820. The summed E-state index contributed by atoms with van der Waals surface area (Å²) in [5, 5.41) is 3.82. The maximum atomic E-state index is 3.82. The highest BCUT2D eigenvalue weighted by Crippen LogP contribution is 2.35. The van der Waals surface area contributed by atoms with E-state index in [2.05, 4.69) is 26.1 Å². The first-order chi connectivity index (χ1) is 8.55. The fourth-order valence-corrected chi connectivity index (χ4v) is 3.71. The monoisotopic (exact) mass is 251 g/mol. The molecule has 18 heavy (non-hydrogen) atoms. The minimum absolute atomic E-state index is 0.609. The Bertz CT molecular complexity index is 228. The lowest BCUT2D eigenvalue weighted by Gasteiger charge is -2.35. The van der Waals surface area contributed by atoms with Crippen LogP contribution in [0, 0.1) is 17.3 Å². The topological polar surface area (TPSA) is 12.0 Å². The SMILES string of the molecule is CC1CCC(CCNC2CCC(C)(C)CC2)CC1. The van der Waals surface area contributed by atoms with Crippen LogP contribution in [-0.4, -0.2) is 12.6 Å². The van der Waals surface area contributed by atoms with E-state index in [0.29, 0.717) is 5.41 Å². The van der Waals surface area contributed by atoms with Crippen LogP contribution in [0.1, 0.15) is 78.6 Å². The molecule has 2 rings (SSSR count). The van der Waals surface area contributed by atoms with Gasteiger partial charge in [-0.3, -0.25) is 0 Å². The summed E-state index contributed by atoms with van der Waals surface area (Å²) in [5.41, 5.74) is 0.609. The molecule has 1 heteroatoms. The van der Waals surface area contributed by atoms with Crippen LogP contribution < -0.4 is 5.32 Å². The molecule has 0 aromatic rings. The summed E-state index contributed by atoms with van der Waals surface area (Å²) in [6.45, 7) is 8.53. The summed E-state index contributed by atoms with van der Waals surface area (Å²) >= 11 is 0. The fraction of sp³-hybridized carbons (Fsp3) is 1.00. The van der Waals surface area contributed by atoms with E-state index in [9.17, 15) is 0 Å². The molecule has 106 valence electrons. The van der Waals surface area contributed by atoms with Crippen LogP contribution in [0.3, 0.4) is 0 Å². The van der Waals surface area contributed by atoms with Gasteiger partial charge in [-0.25, -0.2) is 0 Å². The highest BCUT2D eigenvalue weighted by atomic mass is 14.9. The molecule has 1 N–H and O–H groups in total. The van der Waals surface area contributed by atoms with Gasteiger partial charge < -0.3 is 5.32 Å². The minimum atomic E-state index is 0.609. The zero-order valence-electron chi connectivity index (χ0n) is 12.8. The Kier molecular flexibility index (Phi) is 5.12. The molecule has 0 heterocycles. The molecule has 2 fully saturated rings. The maximum Gasteiger partial charge on any atom is 0.00674 e. The molecular weight excluding hydrogens is 218 g/mol. The number of nitrogens with one attached hydrogen (secondary N) is 1. The largest absolute Gasteiger partial charge is 0.314 e. The Balaban J connectivity index is 1.56. The van der Waals surface area contributed by atoms with Gasteiger partial charge >= 0.3 is 0 Å². The minimum Gasteiger partial charge on any atom is -0.314 e. The highest BCUT2D eigenvalue weighted by Gasteiger charge is 2.26. The predicted molar refractivity (Wildman–Crippen MR) is 79.8 cm³/mol. The molecule has 0 atom stereocenters. The van der Waals surface area contributed by atoms with E-state index in [-0.39, 0.29) is 0 Å². The lowest BCUT2D eigenvalue weighted by atomic mass is 9.75. The second-order valence-electron chi connectivity index (χ2n) is 7.81. The van der Waals surface area contributed by atoms with Crippen molar-refractivity contribution in [1.29, 1.82) is 0 Å². The quantitative estimate of drug-likeness (QED) is 0.759. The Morgan fingerprint density at radius 3 is 2.17 bits per heavy atom. The highest BCUT2D eigenvalue weighted by molar-refractivity contribution is 4.82. The molecular formula is C17H33N. The van der Waals surface area contributed by atoms with Gasteiger partial charge in [0.15, 0.2) is 0 Å². The molecule has 0 spiro atoms. The molecule has 1 nitrogen and oxygen atoms in total. The fourth-order valence-electron chi connectivity index (χ4n) is 3.71. The Morgan fingerprint density at radius 2 is 1.56 bits per heavy atom. The van der Waals surface area contributed by atoms with Crippen molar-refractivity contribution in [2.45, 2.75) is 84.6 Å². The third-order valence-corrected chi connectivity index (χ3v) is 5.46. The van der Waals surface area contributed by atoms with Gasteiger partial charge in [-0.2, -0.15) is 0 Å². The number of hydrogen-bond donors (Lipinski definition) is 1. The molecule has 2 saturated carbocycles. The first-order valence-corrected chi connectivity index (χ1v) is 8.28. The van der Waals surface area contributed by atoms with Crippen molar-refractivity contribution in [2.24, 2.45) is 17.3 Å². The molecule has 2 aliphatic rings.